The second-order valence-electron chi connectivity index (χ2n) is 4.44. The summed E-state index contributed by atoms with van der Waals surface area (Å²) < 4.78 is 38.4. The van der Waals surface area contributed by atoms with Gasteiger partial charge in [0, 0.05) is 0 Å². The zero-order valence-electron chi connectivity index (χ0n) is 12.7. The van der Waals surface area contributed by atoms with Crippen molar-refractivity contribution in [3.8, 4) is 0 Å². The topological polar surface area (TPSA) is 119 Å². The number of hydrogen-bond donors (Lipinski definition) is 2. The number of hydrogen-bond acceptors (Lipinski definition) is 5. The molecule has 0 saturated heterocycles. The Bertz CT molecular complexity index is 719. The summed E-state index contributed by atoms with van der Waals surface area (Å²) in [4.78, 5) is 15.8. The standard InChI is InChI=1S/C14H16N2O2.H2O4S/c1-3-18-14(17)13-9-15-10-16(13)11(2)12-7-5-4-6-8-12;1-5(2,3)4/h4-11H,3H2,1-2H3;(H2,1,2,3,4). The molecule has 2 N–H and O–H groups in total. The molecule has 126 valence electrons. The molecule has 0 fully saturated rings. The summed E-state index contributed by atoms with van der Waals surface area (Å²) in [6.07, 6.45) is 3.20. The SMILES string of the molecule is CCOC(=O)c1cncn1C(C)c1ccccc1.O=S(=O)(O)O. The van der Waals surface area contributed by atoms with Crippen LogP contribution in [0.15, 0.2) is 42.9 Å². The lowest BCUT2D eigenvalue weighted by atomic mass is 10.1. The zero-order chi connectivity index (χ0) is 17.5. The highest BCUT2D eigenvalue weighted by atomic mass is 32.3. The molecule has 2 rings (SSSR count). The Labute approximate surface area is 134 Å². The average molecular weight is 342 g/mol. The number of esters is 1. The number of imidazole rings is 1. The van der Waals surface area contributed by atoms with Gasteiger partial charge in [0.25, 0.3) is 0 Å². The summed E-state index contributed by atoms with van der Waals surface area (Å²) in [5.74, 6) is -0.335. The van der Waals surface area contributed by atoms with Crippen molar-refractivity contribution in [3.63, 3.8) is 0 Å². The number of carbonyl (C=O) groups is 1. The van der Waals surface area contributed by atoms with E-state index in [1.165, 1.54) is 6.20 Å². The van der Waals surface area contributed by atoms with Crippen LogP contribution in [0.5, 0.6) is 0 Å². The summed E-state index contributed by atoms with van der Waals surface area (Å²) in [6.45, 7) is 4.18. The summed E-state index contributed by atoms with van der Waals surface area (Å²) in [5.41, 5.74) is 1.61. The molecule has 0 aliphatic heterocycles. The Balaban J connectivity index is 0.000000463. The van der Waals surface area contributed by atoms with Crippen molar-refractivity contribution < 1.29 is 27.1 Å². The lowest BCUT2D eigenvalue weighted by Gasteiger charge is -2.16. The Morgan fingerprint density at radius 3 is 2.39 bits per heavy atom. The van der Waals surface area contributed by atoms with Crippen LogP contribution in [0.2, 0.25) is 0 Å². The number of aromatic nitrogens is 2. The molecular formula is C14H18N2O6S. The van der Waals surface area contributed by atoms with Crippen LogP contribution in [-0.2, 0) is 15.1 Å². The molecule has 1 aromatic heterocycles. The molecule has 0 aliphatic rings. The number of benzene rings is 1. The molecule has 2 aromatic rings. The van der Waals surface area contributed by atoms with Crippen molar-refractivity contribution in [1.29, 1.82) is 0 Å². The molecule has 0 bridgehead atoms. The van der Waals surface area contributed by atoms with E-state index in [1.54, 1.807) is 13.3 Å². The highest BCUT2D eigenvalue weighted by Crippen LogP contribution is 2.19. The molecule has 0 spiro atoms. The summed E-state index contributed by atoms with van der Waals surface area (Å²) in [5, 5.41) is 0. The molecule has 0 saturated carbocycles. The lowest BCUT2D eigenvalue weighted by molar-refractivity contribution is 0.0512. The van der Waals surface area contributed by atoms with E-state index < -0.39 is 10.4 Å². The van der Waals surface area contributed by atoms with Crippen LogP contribution in [0.4, 0.5) is 0 Å². The van der Waals surface area contributed by atoms with Gasteiger partial charge < -0.3 is 9.30 Å². The van der Waals surface area contributed by atoms with E-state index in [9.17, 15) is 4.79 Å². The summed E-state index contributed by atoms with van der Waals surface area (Å²) >= 11 is 0. The molecular weight excluding hydrogens is 324 g/mol. The second kappa shape index (κ2) is 8.42. The van der Waals surface area contributed by atoms with Gasteiger partial charge in [-0.25, -0.2) is 9.78 Å². The Hall–Kier alpha value is -2.23. The lowest BCUT2D eigenvalue weighted by Crippen LogP contribution is -2.15. The van der Waals surface area contributed by atoms with Gasteiger partial charge in [-0.05, 0) is 19.4 Å². The Morgan fingerprint density at radius 1 is 1.30 bits per heavy atom. The van der Waals surface area contributed by atoms with E-state index in [0.29, 0.717) is 12.3 Å². The van der Waals surface area contributed by atoms with E-state index in [2.05, 4.69) is 4.98 Å². The Morgan fingerprint density at radius 2 is 1.87 bits per heavy atom. The van der Waals surface area contributed by atoms with Gasteiger partial charge in [0.1, 0.15) is 5.69 Å². The summed E-state index contributed by atoms with van der Waals surface area (Å²) in [6, 6.07) is 10.0. The van der Waals surface area contributed by atoms with Crippen molar-refractivity contribution >= 4 is 16.4 Å². The van der Waals surface area contributed by atoms with E-state index in [-0.39, 0.29) is 12.0 Å². The fourth-order valence-corrected chi connectivity index (χ4v) is 1.87. The first-order valence-electron chi connectivity index (χ1n) is 6.67. The first-order valence-corrected chi connectivity index (χ1v) is 8.07. The summed E-state index contributed by atoms with van der Waals surface area (Å²) in [7, 11) is -4.67. The highest BCUT2D eigenvalue weighted by Gasteiger charge is 2.17. The molecule has 8 nitrogen and oxygen atoms in total. The van der Waals surface area contributed by atoms with Gasteiger partial charge >= 0.3 is 16.4 Å². The number of carbonyl (C=O) groups excluding carboxylic acids is 1. The van der Waals surface area contributed by atoms with Gasteiger partial charge in [0.05, 0.1) is 25.2 Å². The molecule has 9 heteroatoms. The van der Waals surface area contributed by atoms with Crippen LogP contribution in [0.1, 0.15) is 35.9 Å². The van der Waals surface area contributed by atoms with Gasteiger partial charge in [-0.15, -0.1) is 0 Å². The quantitative estimate of drug-likeness (QED) is 0.644. The van der Waals surface area contributed by atoms with Crippen LogP contribution in [0, 0.1) is 0 Å². The minimum absolute atomic E-state index is 0.0492. The monoisotopic (exact) mass is 342 g/mol. The fraction of sp³-hybridized carbons (Fsp3) is 0.286. The molecule has 1 unspecified atom stereocenters. The maximum absolute atomic E-state index is 11.8. The van der Waals surface area contributed by atoms with Crippen LogP contribution in [0.3, 0.4) is 0 Å². The minimum Gasteiger partial charge on any atom is -0.461 e. The Kier molecular flexibility index (Phi) is 6.89. The predicted octanol–water partition coefficient (Wildman–Crippen LogP) is 2.02. The van der Waals surface area contributed by atoms with Gasteiger partial charge in [-0.2, -0.15) is 8.42 Å². The van der Waals surface area contributed by atoms with Gasteiger partial charge in [-0.3, -0.25) is 9.11 Å². The first-order chi connectivity index (χ1) is 10.7. The molecule has 1 heterocycles. The van der Waals surface area contributed by atoms with E-state index in [1.807, 2.05) is 41.8 Å². The van der Waals surface area contributed by atoms with E-state index in [4.69, 9.17) is 22.3 Å². The molecule has 0 amide bonds. The average Bonchev–Trinajstić information content (AvgIpc) is 2.95. The third kappa shape index (κ3) is 6.59. The van der Waals surface area contributed by atoms with Gasteiger partial charge in [0.15, 0.2) is 0 Å². The van der Waals surface area contributed by atoms with Crippen molar-refractivity contribution in [3.05, 3.63) is 54.1 Å². The first kappa shape index (κ1) is 18.8. The maximum atomic E-state index is 11.8. The van der Waals surface area contributed by atoms with Crippen LogP contribution < -0.4 is 0 Å². The third-order valence-corrected chi connectivity index (χ3v) is 2.85. The second-order valence-corrected chi connectivity index (χ2v) is 5.34. The highest BCUT2D eigenvalue weighted by molar-refractivity contribution is 7.79. The normalized spacial score (nSPS) is 12.0. The number of nitrogens with zero attached hydrogens (tertiary/aromatic N) is 2. The van der Waals surface area contributed by atoms with Crippen molar-refractivity contribution in [1.82, 2.24) is 9.55 Å². The smallest absolute Gasteiger partial charge is 0.394 e. The molecule has 1 aromatic carbocycles. The molecule has 0 aliphatic carbocycles. The molecule has 23 heavy (non-hydrogen) atoms. The van der Waals surface area contributed by atoms with Crippen LogP contribution in [0.25, 0.3) is 0 Å². The number of rotatable bonds is 4. The fourth-order valence-electron chi connectivity index (χ4n) is 1.87. The largest absolute Gasteiger partial charge is 0.461 e. The van der Waals surface area contributed by atoms with Gasteiger partial charge in [0.2, 0.25) is 0 Å². The van der Waals surface area contributed by atoms with E-state index in [0.717, 1.165) is 5.56 Å². The van der Waals surface area contributed by atoms with Crippen LogP contribution >= 0.6 is 0 Å². The number of ether oxygens (including phenoxy) is 1. The minimum atomic E-state index is -4.67. The van der Waals surface area contributed by atoms with E-state index >= 15 is 0 Å². The van der Waals surface area contributed by atoms with Crippen LogP contribution in [-0.4, -0.2) is 39.7 Å². The molecule has 1 atom stereocenters. The third-order valence-electron chi connectivity index (χ3n) is 2.85. The van der Waals surface area contributed by atoms with Crippen molar-refractivity contribution in [2.75, 3.05) is 6.61 Å². The van der Waals surface area contributed by atoms with Crippen molar-refractivity contribution in [2.24, 2.45) is 0 Å². The van der Waals surface area contributed by atoms with Gasteiger partial charge in [-0.1, -0.05) is 30.3 Å². The molecule has 0 radical (unpaired) electrons. The van der Waals surface area contributed by atoms with Crippen molar-refractivity contribution in [2.45, 2.75) is 19.9 Å². The maximum Gasteiger partial charge on any atom is 0.394 e. The zero-order valence-corrected chi connectivity index (χ0v) is 13.5. The predicted molar refractivity (Wildman–Crippen MR) is 82.6 cm³/mol.